The van der Waals surface area contributed by atoms with Gasteiger partial charge in [0, 0.05) is 29.6 Å². The Morgan fingerprint density at radius 1 is 1.35 bits per heavy atom. The van der Waals surface area contributed by atoms with Gasteiger partial charge in [-0.05, 0) is 36.8 Å². The number of fused-ring (bicyclic) bond motifs is 2. The molecule has 1 aromatic rings. The predicted octanol–water partition coefficient (Wildman–Crippen LogP) is 1.74. The van der Waals surface area contributed by atoms with E-state index in [1.54, 1.807) is 0 Å². The van der Waals surface area contributed by atoms with Crippen LogP contribution in [-0.4, -0.2) is 40.1 Å². The highest BCUT2D eigenvalue weighted by Gasteiger charge is 2.75. The summed E-state index contributed by atoms with van der Waals surface area (Å²) in [6.45, 7) is 2.15. The number of hydrogen-bond donors (Lipinski definition) is 2. The van der Waals surface area contributed by atoms with Gasteiger partial charge in [-0.1, -0.05) is 25.1 Å². The van der Waals surface area contributed by atoms with Crippen LogP contribution in [-0.2, 0) is 10.2 Å². The minimum Gasteiger partial charge on any atom is -0.379 e. The van der Waals surface area contributed by atoms with Gasteiger partial charge >= 0.3 is 0 Å². The Labute approximate surface area is 135 Å². The van der Waals surface area contributed by atoms with Crippen molar-refractivity contribution < 1.29 is 9.90 Å². The lowest BCUT2D eigenvalue weighted by molar-refractivity contribution is -0.206. The highest BCUT2D eigenvalue weighted by Crippen LogP contribution is 2.66. The van der Waals surface area contributed by atoms with Gasteiger partial charge in [-0.3, -0.25) is 9.69 Å². The monoisotopic (exact) mass is 310 g/mol. The molecule has 1 saturated carbocycles. The third-order valence-corrected chi connectivity index (χ3v) is 7.77. The van der Waals surface area contributed by atoms with Crippen LogP contribution in [0.5, 0.6) is 0 Å². The van der Waals surface area contributed by atoms with Crippen LogP contribution in [0.3, 0.4) is 0 Å². The highest BCUT2D eigenvalue weighted by molar-refractivity contribution is 6.01. The van der Waals surface area contributed by atoms with Crippen molar-refractivity contribution in [3.05, 3.63) is 29.8 Å². The Kier molecular flexibility index (Phi) is 2.15. The molecule has 0 aromatic heterocycles. The van der Waals surface area contributed by atoms with Crippen molar-refractivity contribution in [2.75, 3.05) is 5.32 Å². The van der Waals surface area contributed by atoms with E-state index < -0.39 is 0 Å². The normalized spacial score (nSPS) is 54.1. The number of para-hydroxylation sites is 1. The summed E-state index contributed by atoms with van der Waals surface area (Å²) < 4.78 is 0. The van der Waals surface area contributed by atoms with Crippen LogP contribution in [0, 0.1) is 17.8 Å². The summed E-state index contributed by atoms with van der Waals surface area (Å²) >= 11 is 0. The van der Waals surface area contributed by atoms with E-state index in [0.29, 0.717) is 17.7 Å². The number of nitrogens with one attached hydrogen (secondary N) is 1. The topological polar surface area (TPSA) is 52.6 Å². The highest BCUT2D eigenvalue weighted by atomic mass is 16.3. The number of piperidine rings is 4. The predicted molar refractivity (Wildman–Crippen MR) is 86.0 cm³/mol. The van der Waals surface area contributed by atoms with Gasteiger partial charge in [-0.2, -0.15) is 0 Å². The lowest BCUT2D eigenvalue weighted by Gasteiger charge is -2.61. The third kappa shape index (κ3) is 1.16. The van der Waals surface area contributed by atoms with Crippen molar-refractivity contribution in [1.82, 2.24) is 4.90 Å². The van der Waals surface area contributed by atoms with Crippen molar-refractivity contribution in [1.29, 1.82) is 0 Å². The Balaban J connectivity index is 1.59. The maximum atomic E-state index is 13.6. The molecule has 0 radical (unpaired) electrons. The number of Topliss-reactive ketones (excluding diaryl/α,β-unsaturated/α-hetero) is 1. The third-order valence-electron chi connectivity index (χ3n) is 7.77. The van der Waals surface area contributed by atoms with E-state index >= 15 is 0 Å². The number of rotatable bonds is 1. The number of anilines is 1. The molecule has 4 heteroatoms. The van der Waals surface area contributed by atoms with E-state index in [4.69, 9.17) is 0 Å². The minimum atomic E-state index is -0.362. The molecule has 5 aliphatic heterocycles. The quantitative estimate of drug-likeness (QED) is 0.829. The number of carbonyl (C=O) groups is 1. The smallest absolute Gasteiger partial charge is 0.150 e. The molecule has 1 aliphatic carbocycles. The van der Waals surface area contributed by atoms with Crippen molar-refractivity contribution in [2.45, 2.75) is 56.0 Å². The van der Waals surface area contributed by atoms with Crippen LogP contribution in [0.1, 0.15) is 31.7 Å². The first kappa shape index (κ1) is 13.0. The minimum absolute atomic E-state index is 0.137. The van der Waals surface area contributed by atoms with Crippen LogP contribution >= 0.6 is 0 Å². The molecule has 1 aromatic carbocycles. The average molecular weight is 310 g/mol. The van der Waals surface area contributed by atoms with Crippen LogP contribution < -0.4 is 5.32 Å². The zero-order valence-corrected chi connectivity index (χ0v) is 13.3. The maximum Gasteiger partial charge on any atom is 0.150 e. The Morgan fingerprint density at radius 2 is 2.17 bits per heavy atom. The number of hydrogen-bond acceptors (Lipinski definition) is 4. The van der Waals surface area contributed by atoms with E-state index in [-0.39, 0.29) is 35.6 Å². The number of carbonyl (C=O) groups excluding carboxylic acids is 1. The molecule has 5 fully saturated rings. The average Bonchev–Trinajstić information content (AvgIpc) is 3.02. The second-order valence-electron chi connectivity index (χ2n) is 8.20. The van der Waals surface area contributed by atoms with Crippen molar-refractivity contribution in [3.8, 4) is 0 Å². The molecule has 120 valence electrons. The summed E-state index contributed by atoms with van der Waals surface area (Å²) in [7, 11) is 0. The van der Waals surface area contributed by atoms with Gasteiger partial charge in [0.15, 0.2) is 5.78 Å². The maximum absolute atomic E-state index is 13.6. The second kappa shape index (κ2) is 3.81. The summed E-state index contributed by atoms with van der Waals surface area (Å²) in [5, 5.41) is 14.6. The summed E-state index contributed by atoms with van der Waals surface area (Å²) in [6.07, 6.45) is 2.56. The lowest BCUT2D eigenvalue weighted by Crippen LogP contribution is -2.71. The molecule has 0 amide bonds. The van der Waals surface area contributed by atoms with Crippen LogP contribution in [0.25, 0.3) is 0 Å². The molecule has 23 heavy (non-hydrogen) atoms. The summed E-state index contributed by atoms with van der Waals surface area (Å²) in [6, 6.07) is 9.07. The fraction of sp³-hybridized carbons (Fsp3) is 0.632. The number of nitrogens with zero attached hydrogens (tertiary/aromatic N) is 1. The van der Waals surface area contributed by atoms with Crippen LogP contribution in [0.2, 0.25) is 0 Å². The first-order valence-corrected chi connectivity index (χ1v) is 9.04. The Hall–Kier alpha value is -1.39. The summed E-state index contributed by atoms with van der Waals surface area (Å²) in [5.74, 6) is 1.24. The van der Waals surface area contributed by atoms with Gasteiger partial charge in [-0.15, -0.1) is 0 Å². The molecule has 6 aliphatic rings. The standard InChI is InChI=1S/C19H22N2O2/c1-2-9-10-7-13-16-19(11-5-3-4-6-12(11)20-16)8-14(15(10)17(19)22)21(13)18(9)23/h3-6,9-10,13-16,18,20,23H,2,7-8H2,1H3/t9-,10-,13-,14-,15-,16-,18+,19+/m0/s1. The molecule has 5 bridgehead atoms. The zero-order chi connectivity index (χ0) is 15.5. The number of aliphatic hydroxyl groups is 1. The van der Waals surface area contributed by atoms with E-state index in [9.17, 15) is 9.90 Å². The summed E-state index contributed by atoms with van der Waals surface area (Å²) in [4.78, 5) is 15.9. The molecule has 5 heterocycles. The fourth-order valence-electron chi connectivity index (χ4n) is 7.09. The van der Waals surface area contributed by atoms with E-state index in [1.165, 1.54) is 5.56 Å². The number of ketones is 1. The Bertz CT molecular complexity index is 734. The molecule has 4 nitrogen and oxygen atoms in total. The molecular formula is C19H22N2O2. The Morgan fingerprint density at radius 3 is 3.00 bits per heavy atom. The molecule has 1 spiro atoms. The molecule has 4 saturated heterocycles. The number of benzene rings is 1. The molecular weight excluding hydrogens is 288 g/mol. The van der Waals surface area contributed by atoms with Gasteiger partial charge in [0.05, 0.1) is 11.5 Å². The van der Waals surface area contributed by atoms with Gasteiger partial charge < -0.3 is 10.4 Å². The molecule has 2 N–H and O–H groups in total. The van der Waals surface area contributed by atoms with E-state index in [1.807, 2.05) is 6.07 Å². The largest absolute Gasteiger partial charge is 0.379 e. The molecule has 9 atom stereocenters. The van der Waals surface area contributed by atoms with Gasteiger partial charge in [0.25, 0.3) is 0 Å². The first-order chi connectivity index (χ1) is 11.2. The molecule has 1 unspecified atom stereocenters. The zero-order valence-electron chi connectivity index (χ0n) is 13.3. The molecule has 7 rings (SSSR count). The van der Waals surface area contributed by atoms with E-state index in [2.05, 4.69) is 35.3 Å². The lowest BCUT2D eigenvalue weighted by atomic mass is 9.63. The first-order valence-electron chi connectivity index (χ1n) is 9.04. The SMILES string of the molecule is CC[C@H]1[C@@H]2C[C@H]3[C@@H]4Nc5ccccc5[C@]45C[C@@H]([C@H]2C5=O)N3[C@@H]1O. The van der Waals surface area contributed by atoms with Gasteiger partial charge in [0.2, 0.25) is 0 Å². The fourth-order valence-corrected chi connectivity index (χ4v) is 7.09. The van der Waals surface area contributed by atoms with Crippen LogP contribution in [0.4, 0.5) is 5.69 Å². The summed E-state index contributed by atoms with van der Waals surface area (Å²) in [5.41, 5.74) is 2.03. The second-order valence-corrected chi connectivity index (χ2v) is 8.20. The van der Waals surface area contributed by atoms with Gasteiger partial charge in [0.1, 0.15) is 6.23 Å². The van der Waals surface area contributed by atoms with Crippen molar-refractivity contribution >= 4 is 11.5 Å². The van der Waals surface area contributed by atoms with Gasteiger partial charge in [-0.25, -0.2) is 0 Å². The van der Waals surface area contributed by atoms with Crippen molar-refractivity contribution in [3.63, 3.8) is 0 Å². The number of aliphatic hydroxyl groups excluding tert-OH is 1. The van der Waals surface area contributed by atoms with E-state index in [0.717, 1.165) is 24.9 Å². The van der Waals surface area contributed by atoms with Crippen molar-refractivity contribution in [2.24, 2.45) is 17.8 Å². The van der Waals surface area contributed by atoms with Crippen LogP contribution in [0.15, 0.2) is 24.3 Å².